The molecule has 2 heteroatoms. The van der Waals surface area contributed by atoms with Gasteiger partial charge >= 0.3 is 0 Å². The van der Waals surface area contributed by atoms with Crippen molar-refractivity contribution in [2.45, 2.75) is 11.7 Å². The summed E-state index contributed by atoms with van der Waals surface area (Å²) in [6.45, 7) is 3.57. The van der Waals surface area contributed by atoms with E-state index in [4.69, 9.17) is 0 Å². The minimum Gasteiger partial charge on any atom is -0.179 e. The van der Waals surface area contributed by atoms with Crippen LogP contribution in [0.1, 0.15) is 6.42 Å². The Balaban J connectivity index is 2.98. The van der Waals surface area contributed by atoms with Gasteiger partial charge in [-0.2, -0.15) is 25.3 Å². The molecule has 0 aromatic heterocycles. The molecule has 0 aromatic rings. The first-order chi connectivity index (χ1) is 3.31. The molecule has 0 heterocycles. The lowest BCUT2D eigenvalue weighted by Crippen LogP contribution is -1.91. The third-order valence-electron chi connectivity index (χ3n) is 0.697. The molecule has 0 saturated heterocycles. The van der Waals surface area contributed by atoms with Crippen LogP contribution in [-0.4, -0.2) is 11.0 Å². The second-order valence-corrected chi connectivity index (χ2v) is 2.43. The van der Waals surface area contributed by atoms with Gasteiger partial charge in [0.15, 0.2) is 0 Å². The van der Waals surface area contributed by atoms with Gasteiger partial charge in [-0.15, -0.1) is 6.58 Å². The maximum absolute atomic E-state index is 4.14. The highest BCUT2D eigenvalue weighted by molar-refractivity contribution is 7.81. The fourth-order valence-electron chi connectivity index (χ4n) is 0.250. The van der Waals surface area contributed by atoms with Crippen molar-refractivity contribution in [1.82, 2.24) is 0 Å². The third-order valence-corrected chi connectivity index (χ3v) is 1.42. The predicted molar refractivity (Wildman–Crippen MR) is 41.4 cm³/mol. The van der Waals surface area contributed by atoms with E-state index in [1.165, 1.54) is 0 Å². The summed E-state index contributed by atoms with van der Waals surface area (Å²) in [4.78, 5) is 0. The highest BCUT2D eigenvalue weighted by atomic mass is 32.1. The van der Waals surface area contributed by atoms with Crippen LogP contribution >= 0.6 is 25.3 Å². The average Bonchev–Trinajstić information content (AvgIpc) is 1.68. The van der Waals surface area contributed by atoms with Gasteiger partial charge in [0.2, 0.25) is 0 Å². The van der Waals surface area contributed by atoms with Crippen molar-refractivity contribution in [3.63, 3.8) is 0 Å². The molecule has 0 aliphatic heterocycles. The minimum absolute atomic E-state index is 0.331. The van der Waals surface area contributed by atoms with Crippen LogP contribution in [0, 0.1) is 0 Å². The van der Waals surface area contributed by atoms with Crippen LogP contribution in [0.15, 0.2) is 12.7 Å². The monoisotopic (exact) mass is 134 g/mol. The molecule has 0 fully saturated rings. The predicted octanol–water partition coefficient (Wildman–Crippen LogP) is 1.79. The first-order valence-corrected chi connectivity index (χ1v) is 3.37. The van der Waals surface area contributed by atoms with Crippen LogP contribution in [0.4, 0.5) is 0 Å². The second kappa shape index (κ2) is 4.60. The van der Waals surface area contributed by atoms with Crippen LogP contribution in [-0.2, 0) is 0 Å². The van der Waals surface area contributed by atoms with Crippen molar-refractivity contribution in [1.29, 1.82) is 0 Å². The fraction of sp³-hybridized carbons (Fsp3) is 0.600. The molecule has 1 unspecified atom stereocenters. The molecule has 0 aromatic carbocycles. The van der Waals surface area contributed by atoms with Gasteiger partial charge in [-0.3, -0.25) is 0 Å². The van der Waals surface area contributed by atoms with Crippen molar-refractivity contribution < 1.29 is 0 Å². The second-order valence-electron chi connectivity index (χ2n) is 1.32. The van der Waals surface area contributed by atoms with Crippen molar-refractivity contribution in [3.05, 3.63) is 12.7 Å². The molecule has 7 heavy (non-hydrogen) atoms. The summed E-state index contributed by atoms with van der Waals surface area (Å²) in [5.74, 6) is 0.889. The standard InChI is InChI=1S/C5H10S2/c1-2-5(7)3-4-6/h2,5-7H,1,3-4H2. The van der Waals surface area contributed by atoms with Crippen LogP contribution in [0.2, 0.25) is 0 Å². The van der Waals surface area contributed by atoms with E-state index in [2.05, 4.69) is 31.8 Å². The molecule has 0 aliphatic carbocycles. The molecule has 0 amide bonds. The molecular weight excluding hydrogens is 124 g/mol. The van der Waals surface area contributed by atoms with Crippen molar-refractivity contribution in [2.24, 2.45) is 0 Å². The van der Waals surface area contributed by atoms with Crippen LogP contribution in [0.3, 0.4) is 0 Å². The Morgan fingerprint density at radius 1 is 1.71 bits per heavy atom. The Labute approximate surface area is 55.8 Å². The van der Waals surface area contributed by atoms with E-state index < -0.39 is 0 Å². The number of hydrogen-bond acceptors (Lipinski definition) is 2. The van der Waals surface area contributed by atoms with E-state index >= 15 is 0 Å². The van der Waals surface area contributed by atoms with Gasteiger partial charge in [-0.25, -0.2) is 0 Å². The number of thiol groups is 2. The van der Waals surface area contributed by atoms with Crippen molar-refractivity contribution in [2.75, 3.05) is 5.75 Å². The zero-order valence-corrected chi connectivity index (χ0v) is 5.96. The van der Waals surface area contributed by atoms with Crippen molar-refractivity contribution in [3.8, 4) is 0 Å². The van der Waals surface area contributed by atoms with Gasteiger partial charge in [0.25, 0.3) is 0 Å². The van der Waals surface area contributed by atoms with E-state index in [1.807, 2.05) is 6.08 Å². The van der Waals surface area contributed by atoms with Gasteiger partial charge in [-0.1, -0.05) is 6.08 Å². The zero-order chi connectivity index (χ0) is 5.70. The molecule has 0 bridgehead atoms. The lowest BCUT2D eigenvalue weighted by molar-refractivity contribution is 1.00. The van der Waals surface area contributed by atoms with Crippen LogP contribution < -0.4 is 0 Å². The van der Waals surface area contributed by atoms with Gasteiger partial charge < -0.3 is 0 Å². The van der Waals surface area contributed by atoms with E-state index in [-0.39, 0.29) is 0 Å². The Hall–Kier alpha value is 0.440. The summed E-state index contributed by atoms with van der Waals surface area (Å²) in [6.07, 6.45) is 2.83. The van der Waals surface area contributed by atoms with E-state index in [0.29, 0.717) is 5.25 Å². The summed E-state index contributed by atoms with van der Waals surface area (Å²) in [5, 5.41) is 0.331. The third kappa shape index (κ3) is 4.29. The molecule has 42 valence electrons. The Morgan fingerprint density at radius 2 is 2.29 bits per heavy atom. The lowest BCUT2D eigenvalue weighted by atomic mass is 10.3. The molecule has 0 nitrogen and oxygen atoms in total. The van der Waals surface area contributed by atoms with Gasteiger partial charge in [0.05, 0.1) is 0 Å². The topological polar surface area (TPSA) is 0 Å². The average molecular weight is 134 g/mol. The highest BCUT2D eigenvalue weighted by Gasteiger charge is 1.90. The smallest absolute Gasteiger partial charge is 0.0201 e. The van der Waals surface area contributed by atoms with E-state index in [9.17, 15) is 0 Å². The quantitative estimate of drug-likeness (QED) is 0.427. The maximum Gasteiger partial charge on any atom is 0.0201 e. The molecule has 0 aliphatic rings. The Kier molecular flexibility index (Phi) is 4.88. The van der Waals surface area contributed by atoms with E-state index in [1.54, 1.807) is 0 Å². The van der Waals surface area contributed by atoms with E-state index in [0.717, 1.165) is 12.2 Å². The summed E-state index contributed by atoms with van der Waals surface area (Å²) in [5.41, 5.74) is 0. The Bertz CT molecular complexity index is 52.0. The first-order valence-electron chi connectivity index (χ1n) is 2.22. The summed E-state index contributed by atoms with van der Waals surface area (Å²) < 4.78 is 0. The number of rotatable bonds is 3. The molecular formula is C5H10S2. The molecule has 1 atom stereocenters. The summed E-state index contributed by atoms with van der Waals surface area (Å²) in [7, 11) is 0. The maximum atomic E-state index is 4.14. The minimum atomic E-state index is 0.331. The molecule has 0 N–H and O–H groups in total. The lowest BCUT2D eigenvalue weighted by Gasteiger charge is -1.97. The SMILES string of the molecule is C=CC(S)CCS. The molecule has 0 saturated carbocycles. The van der Waals surface area contributed by atoms with Gasteiger partial charge in [-0.05, 0) is 12.2 Å². The van der Waals surface area contributed by atoms with Gasteiger partial charge in [0.1, 0.15) is 0 Å². The van der Waals surface area contributed by atoms with Crippen LogP contribution in [0.25, 0.3) is 0 Å². The van der Waals surface area contributed by atoms with Gasteiger partial charge in [0, 0.05) is 5.25 Å². The number of hydrogen-bond donors (Lipinski definition) is 2. The molecule has 0 rings (SSSR count). The highest BCUT2D eigenvalue weighted by Crippen LogP contribution is 2.01. The molecule has 0 spiro atoms. The fourth-order valence-corrected chi connectivity index (χ4v) is 0.861. The van der Waals surface area contributed by atoms with Crippen LogP contribution in [0.5, 0.6) is 0 Å². The normalized spacial score (nSPS) is 13.4. The molecule has 0 radical (unpaired) electrons. The largest absolute Gasteiger partial charge is 0.179 e. The Morgan fingerprint density at radius 3 is 2.43 bits per heavy atom. The van der Waals surface area contributed by atoms with Crippen molar-refractivity contribution >= 4 is 25.3 Å². The first kappa shape index (κ1) is 7.44. The summed E-state index contributed by atoms with van der Waals surface area (Å²) >= 11 is 8.16. The zero-order valence-electron chi connectivity index (χ0n) is 4.17. The summed E-state index contributed by atoms with van der Waals surface area (Å²) in [6, 6.07) is 0.